The first-order valence-corrected chi connectivity index (χ1v) is 10.2. The van der Waals surface area contributed by atoms with Crippen LogP contribution in [0.1, 0.15) is 17.4 Å². The van der Waals surface area contributed by atoms with Crippen LogP contribution < -0.4 is 9.47 Å². The molecule has 1 aromatic carbocycles. The van der Waals surface area contributed by atoms with Gasteiger partial charge in [0.05, 0.1) is 6.61 Å². The van der Waals surface area contributed by atoms with E-state index in [9.17, 15) is 4.79 Å². The average Bonchev–Trinajstić information content (AvgIpc) is 3.25. The molecule has 5 nitrogen and oxygen atoms in total. The molecule has 0 N–H and O–H groups in total. The summed E-state index contributed by atoms with van der Waals surface area (Å²) in [6.45, 7) is 3.71. The van der Waals surface area contributed by atoms with Crippen molar-refractivity contribution in [1.82, 2.24) is 9.88 Å². The monoisotopic (exact) mass is 396 g/mol. The average molecular weight is 397 g/mol. The number of amides is 1. The zero-order valence-corrected chi connectivity index (χ0v) is 16.7. The Hall–Kier alpha value is -2.86. The number of thiophene rings is 1. The summed E-state index contributed by atoms with van der Waals surface area (Å²) < 4.78 is 11.1. The number of hydrogen-bond donors (Lipinski definition) is 0. The second-order valence-corrected chi connectivity index (χ2v) is 7.23. The maximum absolute atomic E-state index is 12.8. The van der Waals surface area contributed by atoms with Crippen LogP contribution in [0.5, 0.6) is 11.5 Å². The van der Waals surface area contributed by atoms with Crippen molar-refractivity contribution >= 4 is 17.2 Å². The predicted molar refractivity (Wildman–Crippen MR) is 111 cm³/mol. The van der Waals surface area contributed by atoms with Crippen LogP contribution in [0.15, 0.2) is 66.3 Å². The van der Waals surface area contributed by atoms with Crippen molar-refractivity contribution in [1.29, 1.82) is 0 Å². The molecule has 0 radical (unpaired) electrons. The van der Waals surface area contributed by atoms with Crippen LogP contribution in [0.3, 0.4) is 0 Å². The normalized spacial score (nSPS) is 10.5. The van der Waals surface area contributed by atoms with E-state index in [1.165, 1.54) is 4.88 Å². The number of carbonyl (C=O) groups excluding carboxylic acids is 1. The van der Waals surface area contributed by atoms with Crippen LogP contribution in [-0.2, 0) is 17.8 Å². The second kappa shape index (κ2) is 10.5. The molecule has 0 aliphatic rings. The summed E-state index contributed by atoms with van der Waals surface area (Å²) in [6.07, 6.45) is 4.35. The molecule has 2 heterocycles. The molecule has 3 rings (SSSR count). The van der Waals surface area contributed by atoms with Crippen LogP contribution in [0, 0.1) is 0 Å². The molecule has 146 valence electrons. The summed E-state index contributed by atoms with van der Waals surface area (Å²) in [5.74, 6) is 1.39. The third-order valence-electron chi connectivity index (χ3n) is 4.15. The minimum absolute atomic E-state index is 0.00131. The number of nitrogens with zero attached hydrogens (tertiary/aromatic N) is 2. The van der Waals surface area contributed by atoms with Gasteiger partial charge in [-0.1, -0.05) is 12.1 Å². The first-order chi connectivity index (χ1) is 13.7. The third-order valence-corrected chi connectivity index (χ3v) is 5.09. The van der Waals surface area contributed by atoms with Gasteiger partial charge in [-0.2, -0.15) is 0 Å². The van der Waals surface area contributed by atoms with Crippen LogP contribution in [0.2, 0.25) is 0 Å². The van der Waals surface area contributed by atoms with E-state index in [2.05, 4.69) is 16.4 Å². The van der Waals surface area contributed by atoms with E-state index in [1.807, 2.05) is 54.3 Å². The molecule has 6 heteroatoms. The van der Waals surface area contributed by atoms with Gasteiger partial charge in [-0.05, 0) is 60.7 Å². The molecular formula is C22H24N2O3S. The molecule has 0 spiro atoms. The predicted octanol–water partition coefficient (Wildman–Crippen LogP) is 4.19. The van der Waals surface area contributed by atoms with Gasteiger partial charge in [-0.3, -0.25) is 9.78 Å². The highest BCUT2D eigenvalue weighted by Gasteiger charge is 2.15. The standard InChI is InChI=1S/C22H24N2O3S/c1-2-26-19-7-9-20(10-8-19)27-17-22(25)24(13-11-21-6-4-14-28-21)16-18-5-3-12-23-15-18/h3-10,12,14-15H,2,11,13,16-17H2,1H3. The molecule has 28 heavy (non-hydrogen) atoms. The Balaban J connectivity index is 1.59. The maximum atomic E-state index is 12.8. The van der Waals surface area contributed by atoms with Crippen LogP contribution in [0.25, 0.3) is 0 Å². The molecule has 0 bridgehead atoms. The summed E-state index contributed by atoms with van der Waals surface area (Å²) >= 11 is 1.70. The fourth-order valence-corrected chi connectivity index (χ4v) is 3.44. The lowest BCUT2D eigenvalue weighted by molar-refractivity contribution is -0.134. The van der Waals surface area contributed by atoms with Gasteiger partial charge in [0.15, 0.2) is 6.61 Å². The Morgan fingerprint density at radius 3 is 2.50 bits per heavy atom. The van der Waals surface area contributed by atoms with Crippen molar-refractivity contribution in [3.05, 3.63) is 76.7 Å². The van der Waals surface area contributed by atoms with Crippen molar-refractivity contribution < 1.29 is 14.3 Å². The highest BCUT2D eigenvalue weighted by atomic mass is 32.1. The topological polar surface area (TPSA) is 51.7 Å². The van der Waals surface area contributed by atoms with E-state index in [1.54, 1.807) is 23.7 Å². The van der Waals surface area contributed by atoms with Gasteiger partial charge in [0.2, 0.25) is 0 Å². The Bertz CT molecular complexity index is 836. The zero-order valence-electron chi connectivity index (χ0n) is 15.9. The van der Waals surface area contributed by atoms with Gasteiger partial charge < -0.3 is 14.4 Å². The Morgan fingerprint density at radius 1 is 1.07 bits per heavy atom. The second-order valence-electron chi connectivity index (χ2n) is 6.20. The molecule has 0 aliphatic heterocycles. The van der Waals surface area contributed by atoms with E-state index >= 15 is 0 Å². The largest absolute Gasteiger partial charge is 0.494 e. The van der Waals surface area contributed by atoms with Crippen molar-refractivity contribution in [3.63, 3.8) is 0 Å². The van der Waals surface area contributed by atoms with Gasteiger partial charge in [0, 0.05) is 30.4 Å². The molecule has 0 aliphatic carbocycles. The highest BCUT2D eigenvalue weighted by molar-refractivity contribution is 7.09. The van der Waals surface area contributed by atoms with Gasteiger partial charge in [-0.15, -0.1) is 11.3 Å². The van der Waals surface area contributed by atoms with Crippen molar-refractivity contribution in [3.8, 4) is 11.5 Å². The lowest BCUT2D eigenvalue weighted by atomic mass is 10.2. The van der Waals surface area contributed by atoms with Gasteiger partial charge in [-0.25, -0.2) is 0 Å². The van der Waals surface area contributed by atoms with Gasteiger partial charge >= 0.3 is 0 Å². The van der Waals surface area contributed by atoms with Gasteiger partial charge in [0.25, 0.3) is 5.91 Å². The first kappa shape index (κ1) is 19.9. The fourth-order valence-electron chi connectivity index (χ4n) is 2.74. The number of aromatic nitrogens is 1. The van der Waals surface area contributed by atoms with E-state index in [4.69, 9.17) is 9.47 Å². The molecule has 0 fully saturated rings. The molecule has 0 saturated heterocycles. The minimum Gasteiger partial charge on any atom is -0.494 e. The molecule has 0 saturated carbocycles. The summed E-state index contributed by atoms with van der Waals surface area (Å²) in [6, 6.07) is 15.3. The zero-order chi connectivity index (χ0) is 19.6. The molecule has 0 atom stereocenters. The highest BCUT2D eigenvalue weighted by Crippen LogP contribution is 2.18. The van der Waals surface area contributed by atoms with Crippen LogP contribution in [-0.4, -0.2) is 35.5 Å². The number of benzene rings is 1. The Kier molecular flexibility index (Phi) is 7.44. The van der Waals surface area contributed by atoms with E-state index in [0.29, 0.717) is 25.4 Å². The summed E-state index contributed by atoms with van der Waals surface area (Å²) in [5, 5.41) is 2.05. The quantitative estimate of drug-likeness (QED) is 0.516. The molecule has 1 amide bonds. The summed E-state index contributed by atoms with van der Waals surface area (Å²) in [7, 11) is 0. The Labute approximate surface area is 169 Å². The van der Waals surface area contributed by atoms with Crippen molar-refractivity contribution in [2.45, 2.75) is 19.9 Å². The number of rotatable bonds is 10. The lowest BCUT2D eigenvalue weighted by Gasteiger charge is -2.22. The lowest BCUT2D eigenvalue weighted by Crippen LogP contribution is -2.36. The number of carbonyl (C=O) groups is 1. The molecule has 3 aromatic rings. The van der Waals surface area contributed by atoms with Crippen molar-refractivity contribution in [2.75, 3.05) is 19.8 Å². The Morgan fingerprint density at radius 2 is 1.86 bits per heavy atom. The number of pyridine rings is 1. The third kappa shape index (κ3) is 6.09. The van der Waals surface area contributed by atoms with Gasteiger partial charge in [0.1, 0.15) is 11.5 Å². The number of ether oxygens (including phenoxy) is 2. The first-order valence-electron chi connectivity index (χ1n) is 9.29. The van der Waals surface area contributed by atoms with Crippen LogP contribution in [0.4, 0.5) is 0 Å². The smallest absolute Gasteiger partial charge is 0.260 e. The molecule has 2 aromatic heterocycles. The van der Waals surface area contributed by atoms with Crippen LogP contribution >= 0.6 is 11.3 Å². The fraction of sp³-hybridized carbons (Fsp3) is 0.273. The van der Waals surface area contributed by atoms with Crippen molar-refractivity contribution in [2.24, 2.45) is 0 Å². The maximum Gasteiger partial charge on any atom is 0.260 e. The number of hydrogen-bond acceptors (Lipinski definition) is 5. The molecular weight excluding hydrogens is 372 g/mol. The minimum atomic E-state index is -0.0470. The SMILES string of the molecule is CCOc1ccc(OCC(=O)N(CCc2cccs2)Cc2cccnc2)cc1. The van der Waals surface area contributed by atoms with E-state index in [0.717, 1.165) is 17.7 Å². The van der Waals surface area contributed by atoms with E-state index < -0.39 is 0 Å². The summed E-state index contributed by atoms with van der Waals surface area (Å²) in [4.78, 5) is 20.0. The van der Waals surface area contributed by atoms with E-state index in [-0.39, 0.29) is 12.5 Å². The molecule has 0 unspecified atom stereocenters. The summed E-state index contributed by atoms with van der Waals surface area (Å²) in [5.41, 5.74) is 1.00.